The first kappa shape index (κ1) is 9.04. The Morgan fingerprint density at radius 1 is 1.42 bits per heavy atom. The monoisotopic (exact) mass is 167 g/mol. The maximum absolute atomic E-state index is 13.0. The number of hydrogen-bond donors (Lipinski definition) is 0. The number of rotatable bonds is 2. The van der Waals surface area contributed by atoms with Crippen LogP contribution in [0.1, 0.15) is 12.5 Å². The molecule has 0 amide bonds. The third-order valence-electron chi connectivity index (χ3n) is 2.07. The molecule has 0 saturated heterocycles. The van der Waals surface area contributed by atoms with Crippen LogP contribution in [0.5, 0.6) is 0 Å². The molecule has 0 spiro atoms. The fourth-order valence-corrected chi connectivity index (χ4v) is 1.00. The van der Waals surface area contributed by atoms with Crippen LogP contribution in [0.15, 0.2) is 18.2 Å². The van der Waals surface area contributed by atoms with Crippen LogP contribution in [0.25, 0.3) is 0 Å². The van der Waals surface area contributed by atoms with Gasteiger partial charge in [0, 0.05) is 19.3 Å². The van der Waals surface area contributed by atoms with Crippen molar-refractivity contribution in [3.8, 4) is 0 Å². The first-order valence-electron chi connectivity index (χ1n) is 4.12. The molecule has 0 unspecified atom stereocenters. The molecule has 2 heteroatoms. The van der Waals surface area contributed by atoms with E-state index in [-0.39, 0.29) is 5.82 Å². The Balaban J connectivity index is 2.96. The number of halogens is 1. The average molecular weight is 167 g/mol. The zero-order valence-corrected chi connectivity index (χ0v) is 7.76. The van der Waals surface area contributed by atoms with E-state index in [4.69, 9.17) is 0 Å². The zero-order chi connectivity index (χ0) is 9.14. The second-order valence-electron chi connectivity index (χ2n) is 2.95. The highest BCUT2D eigenvalue weighted by Crippen LogP contribution is 2.16. The summed E-state index contributed by atoms with van der Waals surface area (Å²) in [6.45, 7) is 4.70. The van der Waals surface area contributed by atoms with E-state index in [1.165, 1.54) is 0 Å². The maximum atomic E-state index is 13.0. The summed E-state index contributed by atoms with van der Waals surface area (Å²) in [6.07, 6.45) is 0. The Hall–Kier alpha value is -1.05. The predicted molar refractivity (Wildman–Crippen MR) is 50.1 cm³/mol. The maximum Gasteiger partial charge on any atom is 0.128 e. The molecule has 0 N–H and O–H groups in total. The molecule has 12 heavy (non-hydrogen) atoms. The number of hydrogen-bond acceptors (Lipinski definition) is 1. The van der Waals surface area contributed by atoms with Gasteiger partial charge in [-0.15, -0.1) is 0 Å². The fourth-order valence-electron chi connectivity index (χ4n) is 1.00. The van der Waals surface area contributed by atoms with E-state index in [1.54, 1.807) is 19.1 Å². The Bertz CT molecular complexity index is 271. The molecule has 0 aliphatic rings. The van der Waals surface area contributed by atoms with Gasteiger partial charge in [0.05, 0.1) is 0 Å². The third kappa shape index (κ3) is 1.76. The highest BCUT2D eigenvalue weighted by Gasteiger charge is 2.01. The summed E-state index contributed by atoms with van der Waals surface area (Å²) in [6, 6.07) is 5.30. The van der Waals surface area contributed by atoms with Crippen molar-refractivity contribution in [2.75, 3.05) is 18.5 Å². The van der Waals surface area contributed by atoms with Crippen LogP contribution in [-0.4, -0.2) is 13.6 Å². The molecule has 1 aromatic rings. The molecule has 0 aliphatic carbocycles. The van der Waals surface area contributed by atoms with Gasteiger partial charge in [-0.25, -0.2) is 4.39 Å². The van der Waals surface area contributed by atoms with Crippen molar-refractivity contribution in [2.24, 2.45) is 0 Å². The Morgan fingerprint density at radius 2 is 2.08 bits per heavy atom. The summed E-state index contributed by atoms with van der Waals surface area (Å²) in [4.78, 5) is 2.00. The van der Waals surface area contributed by atoms with Gasteiger partial charge in [-0.3, -0.25) is 0 Å². The summed E-state index contributed by atoms with van der Waals surface area (Å²) >= 11 is 0. The molecule has 1 rings (SSSR count). The van der Waals surface area contributed by atoms with Crippen LogP contribution in [0, 0.1) is 12.7 Å². The van der Waals surface area contributed by atoms with Crippen molar-refractivity contribution >= 4 is 5.69 Å². The number of anilines is 1. The van der Waals surface area contributed by atoms with E-state index in [2.05, 4.69) is 0 Å². The number of benzene rings is 1. The molecule has 0 aromatic heterocycles. The molecule has 0 atom stereocenters. The van der Waals surface area contributed by atoms with Gasteiger partial charge in [0.25, 0.3) is 0 Å². The van der Waals surface area contributed by atoms with Crippen LogP contribution in [-0.2, 0) is 0 Å². The minimum atomic E-state index is -0.132. The first-order chi connectivity index (χ1) is 5.65. The molecule has 1 aromatic carbocycles. The van der Waals surface area contributed by atoms with E-state index in [0.717, 1.165) is 12.2 Å². The van der Waals surface area contributed by atoms with Crippen molar-refractivity contribution in [2.45, 2.75) is 13.8 Å². The molecule has 0 saturated carbocycles. The van der Waals surface area contributed by atoms with E-state index in [1.807, 2.05) is 24.9 Å². The molecule has 0 fully saturated rings. The largest absolute Gasteiger partial charge is 0.375 e. The summed E-state index contributed by atoms with van der Waals surface area (Å²) in [5.41, 5.74) is 1.63. The van der Waals surface area contributed by atoms with E-state index < -0.39 is 0 Å². The van der Waals surface area contributed by atoms with Crippen molar-refractivity contribution in [1.82, 2.24) is 0 Å². The molecule has 66 valence electrons. The van der Waals surface area contributed by atoms with E-state index in [0.29, 0.717) is 5.56 Å². The lowest BCUT2D eigenvalue weighted by Crippen LogP contribution is -2.15. The van der Waals surface area contributed by atoms with Crippen LogP contribution in [0.2, 0.25) is 0 Å². The molecular weight excluding hydrogens is 153 g/mol. The van der Waals surface area contributed by atoms with Crippen LogP contribution in [0.4, 0.5) is 10.1 Å². The van der Waals surface area contributed by atoms with Crippen molar-refractivity contribution in [3.05, 3.63) is 29.6 Å². The molecule has 1 nitrogen and oxygen atoms in total. The average Bonchev–Trinajstić information content (AvgIpc) is 2.08. The van der Waals surface area contributed by atoms with Gasteiger partial charge < -0.3 is 4.90 Å². The minimum absolute atomic E-state index is 0.132. The van der Waals surface area contributed by atoms with E-state index in [9.17, 15) is 4.39 Å². The van der Waals surface area contributed by atoms with E-state index >= 15 is 0 Å². The van der Waals surface area contributed by atoms with Crippen LogP contribution < -0.4 is 4.90 Å². The SMILES string of the molecule is CCN(C)c1ccc(C)c(F)c1. The topological polar surface area (TPSA) is 3.24 Å². The normalized spacial score (nSPS) is 10.0. The standard InChI is InChI=1S/C10H14FN/c1-4-12(3)9-6-5-8(2)10(11)7-9/h5-7H,4H2,1-3H3. The molecule has 0 radical (unpaired) electrons. The lowest BCUT2D eigenvalue weighted by atomic mass is 10.2. The number of aryl methyl sites for hydroxylation is 1. The summed E-state index contributed by atoms with van der Waals surface area (Å²) < 4.78 is 13.0. The van der Waals surface area contributed by atoms with Gasteiger partial charge in [-0.2, -0.15) is 0 Å². The summed E-state index contributed by atoms with van der Waals surface area (Å²) in [5.74, 6) is -0.132. The summed E-state index contributed by atoms with van der Waals surface area (Å²) in [5, 5.41) is 0. The Labute approximate surface area is 72.8 Å². The van der Waals surface area contributed by atoms with Crippen molar-refractivity contribution in [3.63, 3.8) is 0 Å². The lowest BCUT2D eigenvalue weighted by Gasteiger charge is -2.16. The third-order valence-corrected chi connectivity index (χ3v) is 2.07. The summed E-state index contributed by atoms with van der Waals surface area (Å²) in [7, 11) is 1.95. The molecule has 0 bridgehead atoms. The first-order valence-corrected chi connectivity index (χ1v) is 4.12. The van der Waals surface area contributed by atoms with Gasteiger partial charge in [0.1, 0.15) is 5.82 Å². The van der Waals surface area contributed by atoms with Crippen molar-refractivity contribution in [1.29, 1.82) is 0 Å². The minimum Gasteiger partial charge on any atom is -0.375 e. The predicted octanol–water partition coefficient (Wildman–Crippen LogP) is 2.59. The Kier molecular flexibility index (Phi) is 2.69. The Morgan fingerprint density at radius 3 is 2.58 bits per heavy atom. The second-order valence-corrected chi connectivity index (χ2v) is 2.95. The highest BCUT2D eigenvalue weighted by atomic mass is 19.1. The zero-order valence-electron chi connectivity index (χ0n) is 7.76. The van der Waals surface area contributed by atoms with Gasteiger partial charge in [0.2, 0.25) is 0 Å². The van der Waals surface area contributed by atoms with Gasteiger partial charge in [0.15, 0.2) is 0 Å². The lowest BCUT2D eigenvalue weighted by molar-refractivity contribution is 0.618. The number of nitrogens with zero attached hydrogens (tertiary/aromatic N) is 1. The molecule has 0 heterocycles. The van der Waals surface area contributed by atoms with Gasteiger partial charge in [-0.1, -0.05) is 6.07 Å². The van der Waals surface area contributed by atoms with Crippen molar-refractivity contribution < 1.29 is 4.39 Å². The quantitative estimate of drug-likeness (QED) is 0.654. The fraction of sp³-hybridized carbons (Fsp3) is 0.400. The molecule has 0 aliphatic heterocycles. The smallest absolute Gasteiger partial charge is 0.128 e. The second kappa shape index (κ2) is 3.57. The van der Waals surface area contributed by atoms with Gasteiger partial charge in [-0.05, 0) is 31.5 Å². The highest BCUT2D eigenvalue weighted by molar-refractivity contribution is 5.47. The van der Waals surface area contributed by atoms with Crippen LogP contribution >= 0.6 is 0 Å². The van der Waals surface area contributed by atoms with Gasteiger partial charge >= 0.3 is 0 Å². The molecular formula is C10H14FN. The van der Waals surface area contributed by atoms with Crippen LogP contribution in [0.3, 0.4) is 0 Å².